The number of carboxylic acids is 1. The fraction of sp³-hybridized carbons (Fsp3) is 0.600. The second kappa shape index (κ2) is 10.0. The van der Waals surface area contributed by atoms with Crippen molar-refractivity contribution >= 4 is 30.4 Å². The number of imidazole rings is 1. The number of aromatic nitrogens is 2. The number of hydrogen-bond donors (Lipinski definition) is 6. The van der Waals surface area contributed by atoms with Gasteiger partial charge in [-0.25, -0.2) is 9.78 Å². The fourth-order valence-electron chi connectivity index (χ4n) is 2.14. The molecule has 1 heterocycles. The zero-order valence-electron chi connectivity index (χ0n) is 14.2. The van der Waals surface area contributed by atoms with Crippen LogP contribution in [0.5, 0.6) is 0 Å². The molecule has 0 aliphatic rings. The Balaban J connectivity index is 2.75. The second-order valence-electron chi connectivity index (χ2n) is 5.84. The molecular formula is C15H25N5O4S. The van der Waals surface area contributed by atoms with Gasteiger partial charge in [-0.15, -0.1) is 0 Å². The summed E-state index contributed by atoms with van der Waals surface area (Å²) in [6.45, 7) is 3.66. The molecule has 10 heteroatoms. The Morgan fingerprint density at radius 3 is 2.52 bits per heavy atom. The number of thiol groups is 1. The first-order chi connectivity index (χ1) is 11.8. The van der Waals surface area contributed by atoms with Gasteiger partial charge in [-0.1, -0.05) is 20.3 Å². The lowest BCUT2D eigenvalue weighted by Crippen LogP contribution is -2.57. The molecule has 0 aliphatic heterocycles. The summed E-state index contributed by atoms with van der Waals surface area (Å²) < 4.78 is 0. The molecule has 0 aliphatic carbocycles. The van der Waals surface area contributed by atoms with Crippen LogP contribution in [0.3, 0.4) is 0 Å². The molecule has 4 atom stereocenters. The number of H-pyrrole nitrogens is 1. The lowest BCUT2D eigenvalue weighted by Gasteiger charge is -2.26. The molecule has 0 unspecified atom stereocenters. The van der Waals surface area contributed by atoms with Gasteiger partial charge in [0.1, 0.15) is 12.1 Å². The van der Waals surface area contributed by atoms with E-state index in [0.717, 1.165) is 0 Å². The van der Waals surface area contributed by atoms with E-state index in [1.807, 2.05) is 6.92 Å². The van der Waals surface area contributed by atoms with Gasteiger partial charge in [0, 0.05) is 24.1 Å². The number of rotatable bonds is 10. The number of carbonyl (C=O) groups excluding carboxylic acids is 2. The van der Waals surface area contributed by atoms with Crippen LogP contribution in [0, 0.1) is 5.92 Å². The van der Waals surface area contributed by atoms with Crippen molar-refractivity contribution in [1.82, 2.24) is 20.6 Å². The molecule has 9 nitrogen and oxygen atoms in total. The number of carbonyl (C=O) groups is 3. The number of aromatic amines is 1. The summed E-state index contributed by atoms with van der Waals surface area (Å²) in [5.41, 5.74) is 6.58. The van der Waals surface area contributed by atoms with Crippen LogP contribution in [0.4, 0.5) is 0 Å². The van der Waals surface area contributed by atoms with Gasteiger partial charge >= 0.3 is 5.97 Å². The molecule has 25 heavy (non-hydrogen) atoms. The van der Waals surface area contributed by atoms with Crippen LogP contribution in [-0.4, -0.2) is 56.7 Å². The van der Waals surface area contributed by atoms with Crippen LogP contribution in [0.25, 0.3) is 0 Å². The van der Waals surface area contributed by atoms with Crippen LogP contribution in [0.1, 0.15) is 26.0 Å². The highest BCUT2D eigenvalue weighted by molar-refractivity contribution is 7.80. The lowest BCUT2D eigenvalue weighted by molar-refractivity contribution is -0.141. The van der Waals surface area contributed by atoms with Crippen molar-refractivity contribution in [2.75, 3.05) is 5.75 Å². The van der Waals surface area contributed by atoms with Gasteiger partial charge in [0.2, 0.25) is 11.8 Å². The third kappa shape index (κ3) is 6.39. The van der Waals surface area contributed by atoms with E-state index in [0.29, 0.717) is 12.1 Å². The quantitative estimate of drug-likeness (QED) is 0.300. The molecule has 0 bridgehead atoms. The Morgan fingerprint density at radius 1 is 1.36 bits per heavy atom. The highest BCUT2D eigenvalue weighted by atomic mass is 32.1. The number of hydrogen-bond acceptors (Lipinski definition) is 6. The van der Waals surface area contributed by atoms with Gasteiger partial charge in [-0.3, -0.25) is 9.59 Å². The molecule has 1 aromatic rings. The second-order valence-corrected chi connectivity index (χ2v) is 6.21. The van der Waals surface area contributed by atoms with Crippen LogP contribution in [-0.2, 0) is 20.8 Å². The molecule has 1 rings (SSSR count). The minimum absolute atomic E-state index is 0.0540. The molecule has 2 amide bonds. The molecule has 0 saturated heterocycles. The first-order valence-corrected chi connectivity index (χ1v) is 8.60. The van der Waals surface area contributed by atoms with E-state index in [2.05, 4.69) is 33.2 Å². The Labute approximate surface area is 151 Å². The van der Waals surface area contributed by atoms with E-state index in [-0.39, 0.29) is 18.1 Å². The van der Waals surface area contributed by atoms with Crippen molar-refractivity contribution in [2.45, 2.75) is 44.8 Å². The summed E-state index contributed by atoms with van der Waals surface area (Å²) in [5, 5.41) is 14.0. The van der Waals surface area contributed by atoms with Crippen molar-refractivity contribution < 1.29 is 19.5 Å². The molecule has 0 spiro atoms. The van der Waals surface area contributed by atoms with E-state index >= 15 is 0 Å². The highest BCUT2D eigenvalue weighted by Gasteiger charge is 2.30. The van der Waals surface area contributed by atoms with Gasteiger partial charge < -0.3 is 26.5 Å². The third-order valence-electron chi connectivity index (χ3n) is 3.92. The molecule has 6 N–H and O–H groups in total. The Kier molecular flexibility index (Phi) is 8.42. The summed E-state index contributed by atoms with van der Waals surface area (Å²) >= 11 is 3.91. The first-order valence-electron chi connectivity index (χ1n) is 7.97. The predicted octanol–water partition coefficient (Wildman–Crippen LogP) is -0.690. The Morgan fingerprint density at radius 2 is 2.04 bits per heavy atom. The number of nitrogens with two attached hydrogens (primary N) is 1. The molecule has 0 aromatic carbocycles. The van der Waals surface area contributed by atoms with Gasteiger partial charge in [-0.05, 0) is 5.92 Å². The summed E-state index contributed by atoms with van der Waals surface area (Å²) in [4.78, 5) is 42.5. The fourth-order valence-corrected chi connectivity index (χ4v) is 2.38. The Bertz CT molecular complexity index is 580. The first kappa shape index (κ1) is 21.0. The van der Waals surface area contributed by atoms with E-state index in [4.69, 9.17) is 10.8 Å². The van der Waals surface area contributed by atoms with Crippen LogP contribution >= 0.6 is 12.6 Å². The van der Waals surface area contributed by atoms with Gasteiger partial charge in [0.15, 0.2) is 0 Å². The zero-order chi connectivity index (χ0) is 19.0. The van der Waals surface area contributed by atoms with Crippen molar-refractivity contribution in [2.24, 2.45) is 11.7 Å². The SMILES string of the molecule is CC[C@H](C)[C@H](NC(=O)[C@@H](N)Cc1cnc[nH]1)C(=O)N[C@@H](CS)C(=O)O. The van der Waals surface area contributed by atoms with Crippen LogP contribution in [0.2, 0.25) is 0 Å². The van der Waals surface area contributed by atoms with Crippen molar-refractivity contribution in [3.8, 4) is 0 Å². The average Bonchev–Trinajstić information content (AvgIpc) is 3.08. The summed E-state index contributed by atoms with van der Waals surface area (Å²) in [5.74, 6) is -2.50. The highest BCUT2D eigenvalue weighted by Crippen LogP contribution is 2.09. The predicted molar refractivity (Wildman–Crippen MR) is 95.1 cm³/mol. The maximum absolute atomic E-state index is 12.4. The standard InChI is InChI=1S/C15H25N5O4S/c1-3-8(2)12(14(22)19-11(6-25)15(23)24)20-13(21)10(16)4-9-5-17-7-18-9/h5,7-8,10-12,25H,3-4,6,16H2,1-2H3,(H,17,18)(H,19,22)(H,20,21)(H,23,24)/t8-,10-,11-,12-/m0/s1. The van der Waals surface area contributed by atoms with E-state index in [9.17, 15) is 14.4 Å². The van der Waals surface area contributed by atoms with Crippen molar-refractivity contribution in [3.05, 3.63) is 18.2 Å². The summed E-state index contributed by atoms with van der Waals surface area (Å²) in [7, 11) is 0. The maximum Gasteiger partial charge on any atom is 0.327 e. The number of amides is 2. The van der Waals surface area contributed by atoms with Gasteiger partial charge in [0.25, 0.3) is 0 Å². The molecule has 0 fully saturated rings. The number of aliphatic carboxylic acids is 1. The van der Waals surface area contributed by atoms with E-state index < -0.39 is 35.9 Å². The molecular weight excluding hydrogens is 346 g/mol. The Hall–Kier alpha value is -2.07. The third-order valence-corrected chi connectivity index (χ3v) is 4.29. The number of carboxylic acid groups (broad SMARTS) is 1. The number of nitrogens with zero attached hydrogens (tertiary/aromatic N) is 1. The molecule has 0 radical (unpaired) electrons. The van der Waals surface area contributed by atoms with Crippen molar-refractivity contribution in [1.29, 1.82) is 0 Å². The monoisotopic (exact) mass is 371 g/mol. The average molecular weight is 371 g/mol. The van der Waals surface area contributed by atoms with Gasteiger partial charge in [0.05, 0.1) is 12.4 Å². The zero-order valence-corrected chi connectivity index (χ0v) is 15.1. The minimum Gasteiger partial charge on any atom is -0.480 e. The topological polar surface area (TPSA) is 150 Å². The maximum atomic E-state index is 12.4. The summed E-state index contributed by atoms with van der Waals surface area (Å²) in [6, 6.07) is -2.87. The largest absolute Gasteiger partial charge is 0.480 e. The van der Waals surface area contributed by atoms with E-state index in [1.165, 1.54) is 6.33 Å². The molecule has 1 aromatic heterocycles. The minimum atomic E-state index is -1.19. The molecule has 140 valence electrons. The number of nitrogens with one attached hydrogen (secondary N) is 3. The van der Waals surface area contributed by atoms with Gasteiger partial charge in [-0.2, -0.15) is 12.6 Å². The van der Waals surface area contributed by atoms with Crippen LogP contribution in [0.15, 0.2) is 12.5 Å². The van der Waals surface area contributed by atoms with E-state index in [1.54, 1.807) is 13.1 Å². The normalized spacial score (nSPS) is 15.7. The lowest BCUT2D eigenvalue weighted by atomic mass is 9.97. The summed E-state index contributed by atoms with van der Waals surface area (Å²) in [6.07, 6.45) is 3.91. The van der Waals surface area contributed by atoms with Crippen molar-refractivity contribution in [3.63, 3.8) is 0 Å². The molecule has 0 saturated carbocycles. The smallest absolute Gasteiger partial charge is 0.327 e. The van der Waals surface area contributed by atoms with Crippen LogP contribution < -0.4 is 16.4 Å².